The highest BCUT2D eigenvalue weighted by Crippen LogP contribution is 2.49. The van der Waals surface area contributed by atoms with Crippen LogP contribution in [0.5, 0.6) is 28.7 Å². The van der Waals surface area contributed by atoms with Crippen molar-refractivity contribution < 1.29 is 41.7 Å². The molecule has 2 aliphatic heterocycles. The first kappa shape index (κ1) is 28.1. The number of Topliss-reactive ketones (excluding diaryl/α,β-unsaturated/α-hetero) is 1. The first-order valence-corrected chi connectivity index (χ1v) is 13.7. The van der Waals surface area contributed by atoms with E-state index in [2.05, 4.69) is 4.98 Å². The molecule has 3 heterocycles. The van der Waals surface area contributed by atoms with Gasteiger partial charge in [0.15, 0.2) is 11.5 Å². The van der Waals surface area contributed by atoms with Gasteiger partial charge in [-0.3, -0.25) is 9.78 Å². The van der Waals surface area contributed by atoms with Crippen molar-refractivity contribution in [3.63, 3.8) is 0 Å². The van der Waals surface area contributed by atoms with Gasteiger partial charge >= 0.3 is 6.18 Å². The SMILES string of the molecule is O=C(Cc1ccc(Oc2ccnc3cc(OC4CCOC4)c4c(c23)OCCO4)cc1)Cc1ccc(Cl)c(C(F)(F)F)c1. The highest BCUT2D eigenvalue weighted by molar-refractivity contribution is 6.31. The van der Waals surface area contributed by atoms with Crippen LogP contribution in [0.1, 0.15) is 23.1 Å². The maximum absolute atomic E-state index is 13.2. The molecule has 1 fully saturated rings. The minimum absolute atomic E-state index is 0.0515. The van der Waals surface area contributed by atoms with Gasteiger partial charge in [0.1, 0.15) is 36.6 Å². The molecule has 2 aliphatic rings. The van der Waals surface area contributed by atoms with E-state index in [4.69, 9.17) is 35.3 Å². The first-order chi connectivity index (χ1) is 20.2. The fourth-order valence-electron chi connectivity index (χ4n) is 4.95. The van der Waals surface area contributed by atoms with Gasteiger partial charge in [0.25, 0.3) is 0 Å². The lowest BCUT2D eigenvalue weighted by Gasteiger charge is -2.24. The highest BCUT2D eigenvalue weighted by Gasteiger charge is 2.33. The third kappa shape index (κ3) is 6.10. The lowest BCUT2D eigenvalue weighted by Crippen LogP contribution is -2.20. The molecule has 0 spiro atoms. The topological polar surface area (TPSA) is 76.1 Å². The summed E-state index contributed by atoms with van der Waals surface area (Å²) in [5.74, 6) is 2.32. The summed E-state index contributed by atoms with van der Waals surface area (Å²) < 4.78 is 69.2. The number of benzene rings is 3. The van der Waals surface area contributed by atoms with Gasteiger partial charge in [0, 0.05) is 31.5 Å². The molecule has 7 nitrogen and oxygen atoms in total. The summed E-state index contributed by atoms with van der Waals surface area (Å²) in [7, 11) is 0. The Balaban J connectivity index is 1.18. The fraction of sp³-hybridized carbons (Fsp3) is 0.290. The highest BCUT2D eigenvalue weighted by atomic mass is 35.5. The van der Waals surface area contributed by atoms with Crippen molar-refractivity contribution in [2.75, 3.05) is 26.4 Å². The van der Waals surface area contributed by atoms with Gasteiger partial charge in [-0.05, 0) is 41.5 Å². The number of halogens is 4. The Labute approximate surface area is 244 Å². The Morgan fingerprint density at radius 1 is 0.929 bits per heavy atom. The first-order valence-electron chi connectivity index (χ1n) is 13.3. The number of pyridine rings is 1. The molecule has 3 aromatic carbocycles. The van der Waals surface area contributed by atoms with E-state index < -0.39 is 16.8 Å². The lowest BCUT2D eigenvalue weighted by molar-refractivity contribution is -0.137. The van der Waals surface area contributed by atoms with Gasteiger partial charge < -0.3 is 23.7 Å². The van der Waals surface area contributed by atoms with E-state index >= 15 is 0 Å². The van der Waals surface area contributed by atoms with Crippen molar-refractivity contribution in [3.05, 3.63) is 82.5 Å². The summed E-state index contributed by atoms with van der Waals surface area (Å²) in [6.45, 7) is 1.90. The second-order valence-electron chi connectivity index (χ2n) is 9.99. The molecule has 0 N–H and O–H groups in total. The molecule has 0 radical (unpaired) electrons. The Kier molecular flexibility index (Phi) is 7.83. The van der Waals surface area contributed by atoms with Gasteiger partial charge in [-0.2, -0.15) is 13.2 Å². The van der Waals surface area contributed by atoms with E-state index in [-0.39, 0.29) is 30.3 Å². The van der Waals surface area contributed by atoms with Crippen molar-refractivity contribution in [1.82, 2.24) is 4.98 Å². The molecule has 0 amide bonds. The average Bonchev–Trinajstić information content (AvgIpc) is 3.48. The van der Waals surface area contributed by atoms with Crippen molar-refractivity contribution >= 4 is 28.3 Å². The monoisotopic (exact) mass is 599 g/mol. The van der Waals surface area contributed by atoms with E-state index in [0.717, 1.165) is 18.6 Å². The van der Waals surface area contributed by atoms with E-state index in [9.17, 15) is 18.0 Å². The number of ether oxygens (including phenoxy) is 5. The molecule has 1 aromatic heterocycles. The van der Waals surface area contributed by atoms with Crippen molar-refractivity contribution in [3.8, 4) is 28.7 Å². The number of aromatic nitrogens is 1. The quantitative estimate of drug-likeness (QED) is 0.216. The van der Waals surface area contributed by atoms with Gasteiger partial charge in [0.05, 0.1) is 34.7 Å². The number of hydrogen-bond donors (Lipinski definition) is 0. The van der Waals surface area contributed by atoms with E-state index in [1.807, 2.05) is 0 Å². The largest absolute Gasteiger partial charge is 0.485 e. The number of carbonyl (C=O) groups excluding carboxylic acids is 1. The van der Waals surface area contributed by atoms with Gasteiger partial charge in [-0.1, -0.05) is 29.8 Å². The maximum atomic E-state index is 13.2. The minimum Gasteiger partial charge on any atom is -0.485 e. The second-order valence-corrected chi connectivity index (χ2v) is 10.4. The Morgan fingerprint density at radius 3 is 2.40 bits per heavy atom. The number of alkyl halides is 3. The zero-order valence-electron chi connectivity index (χ0n) is 22.2. The molecule has 0 bridgehead atoms. The Bertz CT molecular complexity index is 1620. The van der Waals surface area contributed by atoms with Crippen LogP contribution >= 0.6 is 11.6 Å². The zero-order chi connectivity index (χ0) is 29.3. The molecule has 11 heteroatoms. The third-order valence-electron chi connectivity index (χ3n) is 6.91. The van der Waals surface area contributed by atoms with Crippen LogP contribution in [-0.4, -0.2) is 43.3 Å². The molecule has 4 aromatic rings. The molecule has 1 unspecified atom stereocenters. The molecule has 1 atom stereocenters. The zero-order valence-corrected chi connectivity index (χ0v) is 23.0. The van der Waals surface area contributed by atoms with Crippen LogP contribution in [-0.2, 0) is 28.5 Å². The summed E-state index contributed by atoms with van der Waals surface area (Å²) in [6.07, 6.45) is -2.35. The summed E-state index contributed by atoms with van der Waals surface area (Å²) in [5.41, 5.74) is 0.610. The van der Waals surface area contributed by atoms with Gasteiger partial charge in [0.2, 0.25) is 5.75 Å². The number of rotatable bonds is 8. The predicted octanol–water partition coefficient (Wildman–Crippen LogP) is 6.99. The molecular formula is C31H25ClF3NO6. The van der Waals surface area contributed by atoms with Crippen LogP contribution in [0.15, 0.2) is 60.8 Å². The molecule has 42 heavy (non-hydrogen) atoms. The molecule has 6 rings (SSSR count). The van der Waals surface area contributed by atoms with Crippen LogP contribution in [0.2, 0.25) is 5.02 Å². The summed E-state index contributed by atoms with van der Waals surface area (Å²) in [5, 5.41) is 0.242. The van der Waals surface area contributed by atoms with Crippen LogP contribution in [0, 0.1) is 0 Å². The standard InChI is InChI=1S/C31H25ClF3NO6/c32-24-6-3-19(15-23(24)31(33,34)35)14-20(37)13-18-1-4-21(5-2-18)41-26-7-9-36-25-16-27(42-22-8-10-38-17-22)29-30(28(25)26)40-12-11-39-29/h1-7,9,15-16,22H,8,10-14,17H2. The van der Waals surface area contributed by atoms with E-state index in [1.54, 1.807) is 42.6 Å². The normalized spacial score (nSPS) is 16.4. The van der Waals surface area contributed by atoms with Gasteiger partial charge in [-0.25, -0.2) is 0 Å². The average molecular weight is 600 g/mol. The Hall–Kier alpha value is -4.02. The van der Waals surface area contributed by atoms with Crippen molar-refractivity contribution in [1.29, 1.82) is 0 Å². The summed E-state index contributed by atoms with van der Waals surface area (Å²) in [6, 6.07) is 14.0. The number of hydrogen-bond acceptors (Lipinski definition) is 7. The molecule has 218 valence electrons. The van der Waals surface area contributed by atoms with Gasteiger partial charge in [-0.15, -0.1) is 0 Å². The van der Waals surface area contributed by atoms with E-state index in [1.165, 1.54) is 6.07 Å². The van der Waals surface area contributed by atoms with Crippen LogP contribution in [0.4, 0.5) is 13.2 Å². The summed E-state index contributed by atoms with van der Waals surface area (Å²) >= 11 is 5.68. The Morgan fingerprint density at radius 2 is 1.67 bits per heavy atom. The minimum atomic E-state index is -4.59. The second kappa shape index (κ2) is 11.7. The smallest absolute Gasteiger partial charge is 0.417 e. The molecular weight excluding hydrogens is 575 g/mol. The van der Waals surface area contributed by atoms with Crippen LogP contribution in [0.3, 0.4) is 0 Å². The van der Waals surface area contributed by atoms with Crippen LogP contribution < -0.4 is 18.9 Å². The van der Waals surface area contributed by atoms with E-state index in [0.29, 0.717) is 71.6 Å². The number of ketones is 1. The fourth-order valence-corrected chi connectivity index (χ4v) is 5.18. The number of fused-ring (bicyclic) bond motifs is 3. The lowest BCUT2D eigenvalue weighted by atomic mass is 10.0. The molecule has 0 aliphatic carbocycles. The molecule has 1 saturated heterocycles. The van der Waals surface area contributed by atoms with Crippen molar-refractivity contribution in [2.24, 2.45) is 0 Å². The molecule has 0 saturated carbocycles. The maximum Gasteiger partial charge on any atom is 0.417 e. The third-order valence-corrected chi connectivity index (χ3v) is 7.24. The number of carbonyl (C=O) groups is 1. The number of nitrogens with zero attached hydrogens (tertiary/aromatic N) is 1. The predicted molar refractivity (Wildman–Crippen MR) is 148 cm³/mol. The van der Waals surface area contributed by atoms with Crippen molar-refractivity contribution in [2.45, 2.75) is 31.5 Å². The summed E-state index contributed by atoms with van der Waals surface area (Å²) in [4.78, 5) is 17.1. The van der Waals surface area contributed by atoms with Crippen LogP contribution in [0.25, 0.3) is 10.9 Å².